The van der Waals surface area contributed by atoms with E-state index in [0.717, 1.165) is 32.1 Å². The van der Waals surface area contributed by atoms with E-state index >= 15 is 4.39 Å². The zero-order chi connectivity index (χ0) is 23.4. The van der Waals surface area contributed by atoms with E-state index in [1.54, 1.807) is 25.1 Å². The Kier molecular flexibility index (Phi) is 5.10. The maximum Gasteiger partial charge on any atom is 0.172 e. The zero-order valence-corrected chi connectivity index (χ0v) is 19.5. The molecule has 0 unspecified atom stereocenters. The van der Waals surface area contributed by atoms with Gasteiger partial charge in [-0.2, -0.15) is 0 Å². The number of aromatic hydroxyl groups is 1. The summed E-state index contributed by atoms with van der Waals surface area (Å²) in [5, 5.41) is 31.2. The summed E-state index contributed by atoms with van der Waals surface area (Å²) in [6.45, 7) is 6.15. The molecule has 1 aromatic carbocycles. The number of nitrogens with zero attached hydrogens (tertiary/aromatic N) is 7. The number of aryl methyl sites for hydroxylation is 1. The SMILES string of the molecule is Cc1nnn(-c2ccc(-c3ccc(N(C)[C@@H]4C[C@@]5(C)CCC[C@](C)(C5)[C@H]4F)nn3)c(O)c2)n1. The molecule has 0 saturated heterocycles. The van der Waals surface area contributed by atoms with Crippen LogP contribution in [0.1, 0.15) is 51.8 Å². The molecule has 8 nitrogen and oxygen atoms in total. The van der Waals surface area contributed by atoms with Crippen molar-refractivity contribution in [2.75, 3.05) is 11.9 Å². The van der Waals surface area contributed by atoms with Crippen molar-refractivity contribution < 1.29 is 9.50 Å². The second-order valence-electron chi connectivity index (χ2n) is 10.4. The molecule has 33 heavy (non-hydrogen) atoms. The first-order valence-corrected chi connectivity index (χ1v) is 11.5. The molecule has 0 spiro atoms. The van der Waals surface area contributed by atoms with Crippen molar-refractivity contribution in [2.45, 2.75) is 65.1 Å². The number of halogens is 1. The van der Waals surface area contributed by atoms with Crippen molar-refractivity contribution in [1.82, 2.24) is 30.4 Å². The lowest BCUT2D eigenvalue weighted by Crippen LogP contribution is -2.57. The van der Waals surface area contributed by atoms with E-state index in [9.17, 15) is 5.11 Å². The Morgan fingerprint density at radius 2 is 1.94 bits per heavy atom. The number of benzene rings is 1. The quantitative estimate of drug-likeness (QED) is 0.633. The lowest BCUT2D eigenvalue weighted by Gasteiger charge is -2.55. The minimum absolute atomic E-state index is 0.0441. The molecule has 5 rings (SSSR count). The Labute approximate surface area is 192 Å². The third-order valence-corrected chi connectivity index (χ3v) is 7.58. The fourth-order valence-corrected chi connectivity index (χ4v) is 5.97. The van der Waals surface area contributed by atoms with E-state index in [2.05, 4.69) is 39.5 Å². The normalized spacial score (nSPS) is 29.1. The number of rotatable bonds is 4. The van der Waals surface area contributed by atoms with Gasteiger partial charge in [-0.3, -0.25) is 0 Å². The minimum Gasteiger partial charge on any atom is -0.507 e. The number of tetrazole rings is 1. The van der Waals surface area contributed by atoms with Crippen LogP contribution in [0.3, 0.4) is 0 Å². The number of aromatic nitrogens is 6. The molecule has 0 radical (unpaired) electrons. The number of phenolic OH excluding ortho intramolecular Hbond substituents is 1. The van der Waals surface area contributed by atoms with E-state index in [0.29, 0.717) is 28.6 Å². The molecule has 2 aromatic heterocycles. The van der Waals surface area contributed by atoms with Gasteiger partial charge in [-0.1, -0.05) is 20.3 Å². The Morgan fingerprint density at radius 3 is 2.61 bits per heavy atom. The highest BCUT2D eigenvalue weighted by molar-refractivity contribution is 5.68. The standard InChI is InChI=1S/C24H30FN7O/c1-15-26-30-32(29-15)16-6-7-17(20(33)12-16)18-8-9-21(28-27-18)31(4)19-13-23(2)10-5-11-24(3,14-23)22(19)25/h6-9,12,19,22,33H,5,10-11,13-14H2,1-4H3/t19-,22+,23-,24-/m1/s1. The van der Waals surface area contributed by atoms with Crippen molar-refractivity contribution in [3.05, 3.63) is 36.2 Å². The van der Waals surface area contributed by atoms with Gasteiger partial charge in [0.25, 0.3) is 0 Å². The monoisotopic (exact) mass is 451 g/mol. The fourth-order valence-electron chi connectivity index (χ4n) is 5.97. The lowest BCUT2D eigenvalue weighted by atomic mass is 9.54. The van der Waals surface area contributed by atoms with E-state index in [1.807, 2.05) is 24.1 Å². The first kappa shape index (κ1) is 21.7. The van der Waals surface area contributed by atoms with Crippen LogP contribution >= 0.6 is 0 Å². The van der Waals surface area contributed by atoms with Crippen molar-refractivity contribution in [3.63, 3.8) is 0 Å². The predicted octanol–water partition coefficient (Wildman–Crippen LogP) is 4.27. The van der Waals surface area contributed by atoms with Crippen LogP contribution < -0.4 is 4.90 Å². The lowest BCUT2D eigenvalue weighted by molar-refractivity contribution is -0.0540. The maximum atomic E-state index is 15.6. The van der Waals surface area contributed by atoms with E-state index in [4.69, 9.17) is 0 Å². The summed E-state index contributed by atoms with van der Waals surface area (Å²) in [6, 6.07) is 8.53. The molecule has 2 heterocycles. The number of fused-ring (bicyclic) bond motifs is 2. The van der Waals surface area contributed by atoms with Gasteiger partial charge in [-0.05, 0) is 67.5 Å². The average molecular weight is 452 g/mol. The van der Waals surface area contributed by atoms with Crippen molar-refractivity contribution >= 4 is 5.82 Å². The fraction of sp³-hybridized carbons (Fsp3) is 0.542. The van der Waals surface area contributed by atoms with Gasteiger partial charge in [0.2, 0.25) is 0 Å². The number of alkyl halides is 1. The molecule has 2 aliphatic carbocycles. The number of hydrogen-bond acceptors (Lipinski definition) is 7. The van der Waals surface area contributed by atoms with Crippen LogP contribution in [-0.2, 0) is 0 Å². The average Bonchev–Trinajstić information content (AvgIpc) is 3.22. The van der Waals surface area contributed by atoms with Crippen molar-refractivity contribution in [2.24, 2.45) is 10.8 Å². The summed E-state index contributed by atoms with van der Waals surface area (Å²) in [4.78, 5) is 3.31. The van der Waals surface area contributed by atoms with Gasteiger partial charge in [0.15, 0.2) is 11.6 Å². The highest BCUT2D eigenvalue weighted by atomic mass is 19.1. The van der Waals surface area contributed by atoms with Crippen LogP contribution in [0, 0.1) is 17.8 Å². The van der Waals surface area contributed by atoms with E-state index in [-0.39, 0.29) is 22.6 Å². The topological polar surface area (TPSA) is 92.9 Å². The molecular weight excluding hydrogens is 421 g/mol. The third kappa shape index (κ3) is 3.83. The van der Waals surface area contributed by atoms with Crippen LogP contribution in [0.2, 0.25) is 0 Å². The Hall–Kier alpha value is -3.10. The van der Waals surface area contributed by atoms with Gasteiger partial charge in [-0.25, -0.2) is 4.39 Å². The summed E-state index contributed by atoms with van der Waals surface area (Å²) in [6.07, 6.45) is 4.08. The third-order valence-electron chi connectivity index (χ3n) is 7.58. The second kappa shape index (κ2) is 7.74. The van der Waals surface area contributed by atoms with E-state index in [1.165, 1.54) is 4.80 Å². The number of phenols is 1. The molecule has 2 saturated carbocycles. The van der Waals surface area contributed by atoms with Crippen LogP contribution in [0.15, 0.2) is 30.3 Å². The predicted molar refractivity (Wildman–Crippen MR) is 123 cm³/mol. The Balaban J connectivity index is 1.37. The maximum absolute atomic E-state index is 15.6. The molecule has 1 N–H and O–H groups in total. The molecule has 2 fully saturated rings. The molecule has 174 valence electrons. The smallest absolute Gasteiger partial charge is 0.172 e. The second-order valence-corrected chi connectivity index (χ2v) is 10.4. The highest BCUT2D eigenvalue weighted by Gasteiger charge is 2.54. The highest BCUT2D eigenvalue weighted by Crippen LogP contribution is 2.57. The van der Waals surface area contributed by atoms with Gasteiger partial charge in [0.1, 0.15) is 11.9 Å². The van der Waals surface area contributed by atoms with Crippen LogP contribution in [-0.4, -0.2) is 54.8 Å². The molecular formula is C24H30FN7O. The summed E-state index contributed by atoms with van der Waals surface area (Å²) in [5.41, 5.74) is 1.58. The van der Waals surface area contributed by atoms with Crippen molar-refractivity contribution in [1.29, 1.82) is 0 Å². The van der Waals surface area contributed by atoms with Gasteiger partial charge in [0.05, 0.1) is 17.4 Å². The Bertz CT molecular complexity index is 1170. The van der Waals surface area contributed by atoms with Crippen LogP contribution in [0.25, 0.3) is 16.9 Å². The summed E-state index contributed by atoms with van der Waals surface area (Å²) < 4.78 is 15.6. The first-order chi connectivity index (χ1) is 15.7. The summed E-state index contributed by atoms with van der Waals surface area (Å²) in [7, 11) is 1.91. The molecule has 2 bridgehead atoms. The molecule has 0 aliphatic heterocycles. The largest absolute Gasteiger partial charge is 0.507 e. The molecule has 3 aromatic rings. The van der Waals surface area contributed by atoms with Gasteiger partial charge in [-0.15, -0.1) is 25.2 Å². The Morgan fingerprint density at radius 1 is 1.12 bits per heavy atom. The molecule has 9 heteroatoms. The minimum atomic E-state index is -0.900. The molecule has 4 atom stereocenters. The molecule has 2 aliphatic rings. The van der Waals surface area contributed by atoms with Crippen LogP contribution in [0.4, 0.5) is 10.2 Å². The molecule has 0 amide bonds. The van der Waals surface area contributed by atoms with Gasteiger partial charge < -0.3 is 10.0 Å². The van der Waals surface area contributed by atoms with Gasteiger partial charge >= 0.3 is 0 Å². The number of anilines is 1. The van der Waals surface area contributed by atoms with Crippen molar-refractivity contribution in [3.8, 4) is 22.7 Å². The summed E-state index contributed by atoms with van der Waals surface area (Å²) >= 11 is 0. The first-order valence-electron chi connectivity index (χ1n) is 11.5. The zero-order valence-electron chi connectivity index (χ0n) is 19.5. The number of hydrogen-bond donors (Lipinski definition) is 1. The van der Waals surface area contributed by atoms with E-state index < -0.39 is 6.17 Å². The van der Waals surface area contributed by atoms with Crippen LogP contribution in [0.5, 0.6) is 5.75 Å². The van der Waals surface area contributed by atoms with Gasteiger partial charge in [0, 0.05) is 24.1 Å². The summed E-state index contributed by atoms with van der Waals surface area (Å²) in [5.74, 6) is 1.23.